The summed E-state index contributed by atoms with van der Waals surface area (Å²) in [6.07, 6.45) is 7.29. The van der Waals surface area contributed by atoms with Crippen LogP contribution in [0.5, 0.6) is 0 Å². The summed E-state index contributed by atoms with van der Waals surface area (Å²) in [6, 6.07) is 8.24. The first kappa shape index (κ1) is 18.9. The topological polar surface area (TPSA) is 97.6 Å². The Morgan fingerprint density at radius 3 is 2.88 bits per heavy atom. The Kier molecular flexibility index (Phi) is 4.36. The van der Waals surface area contributed by atoms with Crippen LogP contribution in [-0.2, 0) is 11.8 Å². The Morgan fingerprint density at radius 1 is 1.09 bits per heavy atom. The minimum Gasteiger partial charge on any atom is -0.377 e. The van der Waals surface area contributed by atoms with Crippen molar-refractivity contribution in [3.05, 3.63) is 49.1 Å². The molecule has 9 heteroatoms. The Labute approximate surface area is 184 Å². The van der Waals surface area contributed by atoms with Gasteiger partial charge in [-0.2, -0.15) is 5.10 Å². The molecule has 1 fully saturated rings. The summed E-state index contributed by atoms with van der Waals surface area (Å²) in [4.78, 5) is 24.5. The molecular weight excluding hydrogens is 404 g/mol. The van der Waals surface area contributed by atoms with Crippen molar-refractivity contribution in [2.75, 3.05) is 24.7 Å². The van der Waals surface area contributed by atoms with Gasteiger partial charge < -0.3 is 14.6 Å². The molecule has 0 unspecified atom stereocenters. The number of pyridine rings is 2. The van der Waals surface area contributed by atoms with E-state index in [1.807, 2.05) is 42.3 Å². The molecule has 32 heavy (non-hydrogen) atoms. The van der Waals surface area contributed by atoms with Gasteiger partial charge in [0.25, 0.3) is 0 Å². The Hall–Kier alpha value is -3.85. The predicted octanol–water partition coefficient (Wildman–Crippen LogP) is 3.19. The quantitative estimate of drug-likeness (QED) is 0.473. The first-order chi connectivity index (χ1) is 15.7. The number of hydrogen-bond acceptors (Lipinski definition) is 7. The Morgan fingerprint density at radius 2 is 2.03 bits per heavy atom. The SMILES string of the molecule is C[C@@H]1COCCN1c1nc(-c2ccnc3[nH]ccc23)nc2ncc(-c3ccnn3C)cc12. The number of anilines is 1. The van der Waals surface area contributed by atoms with Crippen LogP contribution in [0.1, 0.15) is 6.92 Å². The molecule has 9 nitrogen and oxygen atoms in total. The highest BCUT2D eigenvalue weighted by Crippen LogP contribution is 2.33. The average Bonchev–Trinajstić information content (AvgIpc) is 3.47. The second-order valence-electron chi connectivity index (χ2n) is 8.02. The van der Waals surface area contributed by atoms with Gasteiger partial charge >= 0.3 is 0 Å². The van der Waals surface area contributed by atoms with Crippen molar-refractivity contribution in [1.29, 1.82) is 0 Å². The van der Waals surface area contributed by atoms with Gasteiger partial charge in [0.15, 0.2) is 11.5 Å². The molecule has 0 radical (unpaired) electrons. The van der Waals surface area contributed by atoms with Crippen molar-refractivity contribution < 1.29 is 4.74 Å². The van der Waals surface area contributed by atoms with Gasteiger partial charge in [-0.1, -0.05) is 0 Å². The average molecular weight is 426 g/mol. The fourth-order valence-corrected chi connectivity index (χ4v) is 4.33. The first-order valence-electron chi connectivity index (χ1n) is 10.6. The molecular formula is C23H22N8O. The fraction of sp³-hybridized carbons (Fsp3) is 0.261. The normalized spacial score (nSPS) is 16.8. The van der Waals surface area contributed by atoms with Gasteiger partial charge in [-0.25, -0.2) is 19.9 Å². The molecule has 0 aliphatic carbocycles. The van der Waals surface area contributed by atoms with Crippen molar-refractivity contribution in [2.45, 2.75) is 13.0 Å². The zero-order valence-corrected chi connectivity index (χ0v) is 17.9. The van der Waals surface area contributed by atoms with E-state index in [0.29, 0.717) is 24.7 Å². The van der Waals surface area contributed by atoms with Crippen molar-refractivity contribution in [2.24, 2.45) is 7.05 Å². The maximum absolute atomic E-state index is 5.68. The van der Waals surface area contributed by atoms with Crippen LogP contribution in [0.4, 0.5) is 5.82 Å². The number of H-pyrrole nitrogens is 1. The molecule has 5 aromatic heterocycles. The van der Waals surface area contributed by atoms with Crippen LogP contribution in [-0.4, -0.2) is 60.5 Å². The van der Waals surface area contributed by atoms with Gasteiger partial charge in [0.1, 0.15) is 11.5 Å². The summed E-state index contributed by atoms with van der Waals surface area (Å²) < 4.78 is 7.52. The molecule has 0 saturated carbocycles. The Bertz CT molecular complexity index is 1440. The van der Waals surface area contributed by atoms with Crippen LogP contribution in [0.3, 0.4) is 0 Å². The number of nitrogens with one attached hydrogen (secondary N) is 1. The van der Waals surface area contributed by atoms with Crippen molar-refractivity contribution >= 4 is 27.9 Å². The summed E-state index contributed by atoms with van der Waals surface area (Å²) in [5.74, 6) is 1.51. The monoisotopic (exact) mass is 426 g/mol. The van der Waals surface area contributed by atoms with Gasteiger partial charge in [0, 0.05) is 54.9 Å². The van der Waals surface area contributed by atoms with Crippen molar-refractivity contribution in [3.63, 3.8) is 0 Å². The molecule has 1 N–H and O–H groups in total. The number of nitrogens with zero attached hydrogens (tertiary/aromatic N) is 7. The highest BCUT2D eigenvalue weighted by Gasteiger charge is 2.25. The Balaban J connectivity index is 1.60. The molecule has 0 aromatic carbocycles. The van der Waals surface area contributed by atoms with Gasteiger partial charge in [-0.3, -0.25) is 4.68 Å². The summed E-state index contributed by atoms with van der Waals surface area (Å²) in [6.45, 7) is 4.24. The van der Waals surface area contributed by atoms with Crippen molar-refractivity contribution in [1.82, 2.24) is 34.7 Å². The highest BCUT2D eigenvalue weighted by molar-refractivity contribution is 5.95. The van der Waals surface area contributed by atoms with Crippen LogP contribution in [0, 0.1) is 0 Å². The number of hydrogen-bond donors (Lipinski definition) is 1. The fourth-order valence-electron chi connectivity index (χ4n) is 4.33. The van der Waals surface area contributed by atoms with Gasteiger partial charge in [-0.15, -0.1) is 0 Å². The predicted molar refractivity (Wildman–Crippen MR) is 122 cm³/mol. The number of fused-ring (bicyclic) bond motifs is 2. The number of aromatic amines is 1. The molecule has 0 spiro atoms. The molecule has 6 heterocycles. The second-order valence-corrected chi connectivity index (χ2v) is 8.02. The summed E-state index contributed by atoms with van der Waals surface area (Å²) in [5.41, 5.74) is 4.38. The molecule has 5 aromatic rings. The second kappa shape index (κ2) is 7.38. The van der Waals surface area contributed by atoms with Gasteiger partial charge in [0.05, 0.1) is 30.3 Å². The van der Waals surface area contributed by atoms with Crippen molar-refractivity contribution in [3.8, 4) is 22.6 Å². The lowest BCUT2D eigenvalue weighted by Crippen LogP contribution is -2.44. The highest BCUT2D eigenvalue weighted by atomic mass is 16.5. The molecule has 1 aliphatic heterocycles. The third kappa shape index (κ3) is 3.01. The van der Waals surface area contributed by atoms with Crippen LogP contribution in [0.25, 0.3) is 44.7 Å². The van der Waals surface area contributed by atoms with Crippen LogP contribution in [0.15, 0.2) is 49.1 Å². The third-order valence-corrected chi connectivity index (χ3v) is 5.99. The van der Waals surface area contributed by atoms with E-state index in [1.165, 1.54) is 0 Å². The lowest BCUT2D eigenvalue weighted by Gasteiger charge is -2.35. The molecule has 0 amide bonds. The zero-order chi connectivity index (χ0) is 21.7. The maximum atomic E-state index is 5.68. The number of morpholine rings is 1. The molecule has 6 rings (SSSR count). The maximum Gasteiger partial charge on any atom is 0.165 e. The van der Waals surface area contributed by atoms with E-state index in [9.17, 15) is 0 Å². The number of aromatic nitrogens is 7. The summed E-state index contributed by atoms with van der Waals surface area (Å²) in [7, 11) is 1.93. The van der Waals surface area contributed by atoms with E-state index >= 15 is 0 Å². The van der Waals surface area contributed by atoms with E-state index in [0.717, 1.165) is 45.6 Å². The van der Waals surface area contributed by atoms with Gasteiger partial charge in [-0.05, 0) is 31.2 Å². The lowest BCUT2D eigenvalue weighted by molar-refractivity contribution is 0.0987. The minimum absolute atomic E-state index is 0.194. The van der Waals surface area contributed by atoms with Crippen LogP contribution < -0.4 is 4.90 Å². The minimum atomic E-state index is 0.194. The standard InChI is InChI=1S/C23H22N8O/c1-14-13-32-10-9-31(14)23-18-11-15(19-5-8-27-30(19)2)12-26-21(18)28-22(29-23)17-4-7-25-20-16(17)3-6-24-20/h3-8,11-12,14H,9-10,13H2,1-2H3,(H,24,25)/t14-/m1/s1. The third-order valence-electron chi connectivity index (χ3n) is 5.99. The molecule has 1 aliphatic rings. The molecule has 1 atom stereocenters. The first-order valence-corrected chi connectivity index (χ1v) is 10.6. The zero-order valence-electron chi connectivity index (χ0n) is 17.9. The van der Waals surface area contributed by atoms with Crippen LogP contribution in [0.2, 0.25) is 0 Å². The summed E-state index contributed by atoms with van der Waals surface area (Å²) in [5, 5.41) is 6.20. The van der Waals surface area contributed by atoms with E-state index < -0.39 is 0 Å². The van der Waals surface area contributed by atoms with Crippen LogP contribution >= 0.6 is 0 Å². The smallest absolute Gasteiger partial charge is 0.165 e. The summed E-state index contributed by atoms with van der Waals surface area (Å²) >= 11 is 0. The number of aryl methyl sites for hydroxylation is 1. The van der Waals surface area contributed by atoms with E-state index in [1.54, 1.807) is 12.4 Å². The molecule has 160 valence electrons. The van der Waals surface area contributed by atoms with E-state index in [-0.39, 0.29) is 6.04 Å². The van der Waals surface area contributed by atoms with Gasteiger partial charge in [0.2, 0.25) is 0 Å². The number of ether oxygens (including phenoxy) is 1. The van der Waals surface area contributed by atoms with E-state index in [2.05, 4.69) is 33.0 Å². The molecule has 1 saturated heterocycles. The van der Waals surface area contributed by atoms with E-state index in [4.69, 9.17) is 19.7 Å². The number of rotatable bonds is 3. The lowest BCUT2D eigenvalue weighted by atomic mass is 10.1. The largest absolute Gasteiger partial charge is 0.377 e. The molecule has 0 bridgehead atoms.